The number of aromatic nitrogens is 3. The highest BCUT2D eigenvalue weighted by molar-refractivity contribution is 6.18. The third kappa shape index (κ3) is 3.13. The van der Waals surface area contributed by atoms with Crippen LogP contribution in [0.15, 0.2) is 84.0 Å². The zero-order chi connectivity index (χ0) is 22.4. The second-order valence-corrected chi connectivity index (χ2v) is 7.85. The molecule has 0 saturated carbocycles. The molecular weight excluding hydrogens is 416 g/mol. The highest BCUT2D eigenvalue weighted by atomic mass is 16.5. The van der Waals surface area contributed by atoms with Gasteiger partial charge in [0.15, 0.2) is 6.61 Å². The molecule has 0 saturated heterocycles. The Hall–Kier alpha value is -4.52. The van der Waals surface area contributed by atoms with E-state index in [2.05, 4.69) is 15.3 Å². The summed E-state index contributed by atoms with van der Waals surface area (Å²) in [6, 6.07) is 18.7. The summed E-state index contributed by atoms with van der Waals surface area (Å²) in [5, 5.41) is 6.09. The van der Waals surface area contributed by atoms with Crippen LogP contribution in [0.25, 0.3) is 38.1 Å². The Bertz CT molecular complexity index is 1710. The summed E-state index contributed by atoms with van der Waals surface area (Å²) in [5.41, 5.74) is 3.21. The number of hydrogen-bond donors (Lipinski definition) is 1. The van der Waals surface area contributed by atoms with E-state index in [1.807, 2.05) is 54.6 Å². The molecule has 0 bridgehead atoms. The van der Waals surface area contributed by atoms with E-state index in [0.717, 1.165) is 38.3 Å². The van der Waals surface area contributed by atoms with E-state index in [-0.39, 0.29) is 18.1 Å². The number of carbonyl (C=O) groups excluding carboxylic acids is 1. The summed E-state index contributed by atoms with van der Waals surface area (Å²) in [5.74, 6) is 0.331. The van der Waals surface area contributed by atoms with Crippen molar-refractivity contribution in [2.75, 3.05) is 6.61 Å². The van der Waals surface area contributed by atoms with E-state index >= 15 is 0 Å². The molecule has 160 valence electrons. The van der Waals surface area contributed by atoms with E-state index < -0.39 is 0 Å². The van der Waals surface area contributed by atoms with Gasteiger partial charge in [-0.2, -0.15) is 0 Å². The van der Waals surface area contributed by atoms with Crippen LogP contribution in [0.1, 0.15) is 5.56 Å². The van der Waals surface area contributed by atoms with Crippen molar-refractivity contribution in [1.29, 1.82) is 0 Å². The van der Waals surface area contributed by atoms with Gasteiger partial charge in [-0.15, -0.1) is 0 Å². The minimum absolute atomic E-state index is 0.0745. The Labute approximate surface area is 187 Å². The highest BCUT2D eigenvalue weighted by Gasteiger charge is 2.18. The molecule has 6 aromatic rings. The Morgan fingerprint density at radius 1 is 0.939 bits per heavy atom. The van der Waals surface area contributed by atoms with Crippen molar-refractivity contribution in [3.05, 3.63) is 95.2 Å². The average Bonchev–Trinajstić information content (AvgIpc) is 3.20. The standard InChI is InChI=1S/C26H18N4O3/c31-23(29-14-16-4-3-10-27-13-16)15-33-17-7-8-22-21(12-17)19-9-11-28-24-18-5-1-2-6-20(18)26(32)30(22)25(19)24/h1-13H,14-15H2,(H,29,31). The maximum atomic E-state index is 13.3. The van der Waals surface area contributed by atoms with E-state index in [1.54, 1.807) is 29.1 Å². The summed E-state index contributed by atoms with van der Waals surface area (Å²) in [6.45, 7) is 0.280. The number of ether oxygens (including phenoxy) is 1. The minimum atomic E-state index is -0.226. The van der Waals surface area contributed by atoms with Crippen LogP contribution in [0.2, 0.25) is 0 Å². The number of nitrogens with zero attached hydrogens (tertiary/aromatic N) is 3. The molecule has 1 amide bonds. The van der Waals surface area contributed by atoms with Gasteiger partial charge in [-0.3, -0.25) is 24.0 Å². The van der Waals surface area contributed by atoms with Crippen LogP contribution in [0.4, 0.5) is 0 Å². The van der Waals surface area contributed by atoms with Crippen molar-refractivity contribution >= 4 is 44.0 Å². The fourth-order valence-corrected chi connectivity index (χ4v) is 4.34. The topological polar surface area (TPSA) is 85.6 Å². The van der Waals surface area contributed by atoms with Crippen molar-refractivity contribution in [3.63, 3.8) is 0 Å². The van der Waals surface area contributed by atoms with E-state index in [9.17, 15) is 9.59 Å². The van der Waals surface area contributed by atoms with E-state index in [0.29, 0.717) is 17.7 Å². The van der Waals surface area contributed by atoms with Crippen molar-refractivity contribution in [1.82, 2.24) is 19.7 Å². The molecule has 4 aromatic heterocycles. The summed E-state index contributed by atoms with van der Waals surface area (Å²) in [7, 11) is 0. The predicted octanol–water partition coefficient (Wildman–Crippen LogP) is 3.68. The van der Waals surface area contributed by atoms with E-state index in [4.69, 9.17) is 4.74 Å². The molecule has 0 aliphatic rings. The van der Waals surface area contributed by atoms with Gasteiger partial charge in [0, 0.05) is 46.7 Å². The molecule has 0 aliphatic heterocycles. The first-order chi connectivity index (χ1) is 16.2. The molecule has 0 aliphatic carbocycles. The molecule has 0 fully saturated rings. The summed E-state index contributed by atoms with van der Waals surface area (Å²) < 4.78 is 7.48. The first-order valence-electron chi connectivity index (χ1n) is 10.6. The van der Waals surface area contributed by atoms with Crippen LogP contribution < -0.4 is 15.6 Å². The van der Waals surface area contributed by atoms with Crippen LogP contribution in [-0.4, -0.2) is 26.9 Å². The van der Waals surface area contributed by atoms with Gasteiger partial charge >= 0.3 is 0 Å². The molecule has 6 rings (SSSR count). The lowest BCUT2D eigenvalue weighted by molar-refractivity contribution is -0.123. The summed E-state index contributed by atoms with van der Waals surface area (Å²) >= 11 is 0. The van der Waals surface area contributed by atoms with E-state index in [1.165, 1.54) is 0 Å². The lowest BCUT2D eigenvalue weighted by Crippen LogP contribution is -2.28. The Morgan fingerprint density at radius 2 is 1.82 bits per heavy atom. The second kappa shape index (κ2) is 7.56. The van der Waals surface area contributed by atoms with Crippen LogP contribution in [0.3, 0.4) is 0 Å². The van der Waals surface area contributed by atoms with Gasteiger partial charge in [-0.25, -0.2) is 0 Å². The molecular formula is C26H18N4O3. The first kappa shape index (κ1) is 19.2. The van der Waals surface area contributed by atoms with Gasteiger partial charge in [0.2, 0.25) is 0 Å². The molecule has 0 unspecified atom stereocenters. The molecule has 2 aromatic carbocycles. The normalized spacial score (nSPS) is 11.5. The Kier molecular flexibility index (Phi) is 4.40. The average molecular weight is 434 g/mol. The van der Waals surface area contributed by atoms with Crippen molar-refractivity contribution in [2.24, 2.45) is 0 Å². The minimum Gasteiger partial charge on any atom is -0.484 e. The number of fused-ring (bicyclic) bond motifs is 5. The number of amides is 1. The van der Waals surface area contributed by atoms with Gasteiger partial charge in [-0.05, 0) is 42.0 Å². The van der Waals surface area contributed by atoms with Crippen LogP contribution >= 0.6 is 0 Å². The molecule has 0 radical (unpaired) electrons. The Balaban J connectivity index is 1.36. The maximum Gasteiger partial charge on any atom is 0.263 e. The molecule has 33 heavy (non-hydrogen) atoms. The van der Waals surface area contributed by atoms with Gasteiger partial charge in [0.25, 0.3) is 11.5 Å². The second-order valence-electron chi connectivity index (χ2n) is 7.85. The van der Waals surface area contributed by atoms with Gasteiger partial charge in [0.1, 0.15) is 5.75 Å². The molecule has 1 N–H and O–H groups in total. The maximum absolute atomic E-state index is 13.3. The van der Waals surface area contributed by atoms with Crippen molar-refractivity contribution in [2.45, 2.75) is 6.54 Å². The lowest BCUT2D eigenvalue weighted by atomic mass is 10.1. The molecule has 0 atom stereocenters. The van der Waals surface area contributed by atoms with Crippen LogP contribution in [0.5, 0.6) is 5.75 Å². The molecule has 7 heteroatoms. The highest BCUT2D eigenvalue weighted by Crippen LogP contribution is 2.34. The predicted molar refractivity (Wildman–Crippen MR) is 127 cm³/mol. The molecule has 4 heterocycles. The first-order valence-corrected chi connectivity index (χ1v) is 10.6. The quantitative estimate of drug-likeness (QED) is 0.419. The van der Waals surface area contributed by atoms with Crippen LogP contribution in [0, 0.1) is 0 Å². The van der Waals surface area contributed by atoms with Gasteiger partial charge in [-0.1, -0.05) is 24.3 Å². The number of benzene rings is 2. The lowest BCUT2D eigenvalue weighted by Gasteiger charge is -2.08. The number of pyridine rings is 3. The third-order valence-electron chi connectivity index (χ3n) is 5.85. The monoisotopic (exact) mass is 434 g/mol. The zero-order valence-corrected chi connectivity index (χ0v) is 17.5. The Morgan fingerprint density at radius 3 is 2.67 bits per heavy atom. The van der Waals surface area contributed by atoms with Crippen LogP contribution in [-0.2, 0) is 11.3 Å². The zero-order valence-electron chi connectivity index (χ0n) is 17.5. The fourth-order valence-electron chi connectivity index (χ4n) is 4.34. The number of rotatable bonds is 5. The van der Waals surface area contributed by atoms with Gasteiger partial charge < -0.3 is 10.1 Å². The van der Waals surface area contributed by atoms with Gasteiger partial charge in [0.05, 0.1) is 16.6 Å². The molecule has 0 spiro atoms. The SMILES string of the molecule is O=C(COc1ccc2c(c1)c1ccnc3c4ccccc4c(=O)n2c13)NCc1cccnc1. The number of carbonyl (C=O) groups is 1. The summed E-state index contributed by atoms with van der Waals surface area (Å²) in [4.78, 5) is 34.1. The molecule has 7 nitrogen and oxygen atoms in total. The number of nitrogens with one attached hydrogen (secondary N) is 1. The van der Waals surface area contributed by atoms with Crippen molar-refractivity contribution < 1.29 is 9.53 Å². The largest absolute Gasteiger partial charge is 0.484 e. The van der Waals surface area contributed by atoms with Crippen molar-refractivity contribution in [3.8, 4) is 5.75 Å². The third-order valence-corrected chi connectivity index (χ3v) is 5.85. The smallest absolute Gasteiger partial charge is 0.263 e. The number of hydrogen-bond acceptors (Lipinski definition) is 5. The summed E-state index contributed by atoms with van der Waals surface area (Å²) in [6.07, 6.45) is 5.15. The fraction of sp³-hybridized carbons (Fsp3) is 0.0769.